The molecule has 0 bridgehead atoms. The number of carbonyl (C=O) groups excluding carboxylic acids is 1. The van der Waals surface area contributed by atoms with Crippen LogP contribution in [0.3, 0.4) is 0 Å². The highest BCUT2D eigenvalue weighted by atomic mass is 16.1. The van der Waals surface area contributed by atoms with Crippen molar-refractivity contribution in [3.8, 4) is 0 Å². The van der Waals surface area contributed by atoms with Crippen LogP contribution < -0.4 is 5.73 Å². The molecule has 0 aliphatic heterocycles. The fraction of sp³-hybridized carbons (Fsp3) is 0. The summed E-state index contributed by atoms with van der Waals surface area (Å²) in [7, 11) is 0. The van der Waals surface area contributed by atoms with Gasteiger partial charge < -0.3 is 5.73 Å². The zero-order valence-corrected chi connectivity index (χ0v) is 9.42. The average Bonchev–Trinajstić information content (AvgIpc) is 2.83. The molecule has 1 aromatic carbocycles. The lowest BCUT2D eigenvalue weighted by Gasteiger charge is -2.01. The maximum Gasteiger partial charge on any atom is 0.198 e. The normalized spacial score (nSPS) is 10.7. The van der Waals surface area contributed by atoms with Crippen LogP contribution in [0.4, 0.5) is 5.82 Å². The lowest BCUT2D eigenvalue weighted by molar-refractivity contribution is 0.103. The van der Waals surface area contributed by atoms with Crippen LogP contribution in [0.15, 0.2) is 42.7 Å². The Morgan fingerprint density at radius 3 is 2.94 bits per heavy atom. The molecule has 0 spiro atoms. The molecular weight excluding hydrogens is 228 g/mol. The first kappa shape index (κ1) is 10.5. The monoisotopic (exact) mass is 238 g/mol. The first-order valence-corrected chi connectivity index (χ1v) is 5.44. The van der Waals surface area contributed by atoms with E-state index in [9.17, 15) is 4.79 Å². The van der Waals surface area contributed by atoms with Crippen molar-refractivity contribution in [2.45, 2.75) is 0 Å². The highest BCUT2D eigenvalue weighted by molar-refractivity contribution is 6.12. The number of benzene rings is 1. The van der Waals surface area contributed by atoms with Crippen molar-refractivity contribution in [2.24, 2.45) is 0 Å². The number of nitrogens with one attached hydrogen (secondary N) is 1. The molecule has 0 unspecified atom stereocenters. The van der Waals surface area contributed by atoms with Crippen molar-refractivity contribution in [3.05, 3.63) is 53.9 Å². The van der Waals surface area contributed by atoms with Gasteiger partial charge >= 0.3 is 0 Å². The number of ketones is 1. The topological polar surface area (TPSA) is 84.7 Å². The van der Waals surface area contributed by atoms with Gasteiger partial charge in [0.2, 0.25) is 0 Å². The van der Waals surface area contributed by atoms with Gasteiger partial charge in [0.05, 0.1) is 17.3 Å². The highest BCUT2D eigenvalue weighted by Gasteiger charge is 2.14. The summed E-state index contributed by atoms with van der Waals surface area (Å²) in [5, 5.41) is 7.29. The number of aromatic amines is 1. The summed E-state index contributed by atoms with van der Waals surface area (Å²) in [6.07, 6.45) is 3.13. The fourth-order valence-electron chi connectivity index (χ4n) is 1.84. The number of rotatable bonds is 2. The third-order valence-electron chi connectivity index (χ3n) is 2.78. The molecule has 0 aliphatic rings. The molecule has 0 fully saturated rings. The molecule has 0 aliphatic carbocycles. The summed E-state index contributed by atoms with van der Waals surface area (Å²) in [5.74, 6) is 0.120. The molecular formula is C13H10N4O. The number of hydrogen-bond acceptors (Lipinski definition) is 4. The minimum Gasteiger partial charge on any atom is -0.383 e. The van der Waals surface area contributed by atoms with Gasteiger partial charge in [-0.05, 0) is 12.1 Å². The third kappa shape index (κ3) is 1.62. The zero-order valence-electron chi connectivity index (χ0n) is 9.42. The lowest BCUT2D eigenvalue weighted by atomic mass is 10.0. The number of fused-ring (bicyclic) bond motifs is 1. The van der Waals surface area contributed by atoms with Crippen LogP contribution in [0.25, 0.3) is 10.9 Å². The minimum atomic E-state index is -0.159. The maximum absolute atomic E-state index is 12.2. The summed E-state index contributed by atoms with van der Waals surface area (Å²) < 4.78 is 0. The minimum absolute atomic E-state index is 0.159. The lowest BCUT2D eigenvalue weighted by Crippen LogP contribution is -2.03. The van der Waals surface area contributed by atoms with Gasteiger partial charge in [-0.25, -0.2) is 0 Å². The van der Waals surface area contributed by atoms with Gasteiger partial charge in [0.15, 0.2) is 5.78 Å². The molecule has 0 amide bonds. The van der Waals surface area contributed by atoms with Crippen LogP contribution in [-0.2, 0) is 0 Å². The maximum atomic E-state index is 12.2. The number of carbonyl (C=O) groups is 1. The van der Waals surface area contributed by atoms with Gasteiger partial charge in [0, 0.05) is 17.1 Å². The van der Waals surface area contributed by atoms with Crippen LogP contribution in [0.5, 0.6) is 0 Å². The number of hydrogen-bond donors (Lipinski definition) is 2. The molecule has 0 saturated heterocycles. The summed E-state index contributed by atoms with van der Waals surface area (Å²) in [5.41, 5.74) is 7.35. The van der Waals surface area contributed by atoms with Gasteiger partial charge in [-0.15, -0.1) is 0 Å². The standard InChI is InChI=1S/C13H10N4O/c14-13-10(7-16-17-13)12(18)9-4-3-8-2-1-5-15-11(8)6-9/h1-7H,(H3,14,16,17). The Morgan fingerprint density at radius 2 is 2.17 bits per heavy atom. The van der Waals surface area contributed by atoms with E-state index in [1.54, 1.807) is 18.3 Å². The first-order chi connectivity index (χ1) is 8.75. The van der Waals surface area contributed by atoms with Crippen molar-refractivity contribution in [1.29, 1.82) is 0 Å². The molecule has 18 heavy (non-hydrogen) atoms. The van der Waals surface area contributed by atoms with E-state index >= 15 is 0 Å². The molecule has 5 nitrogen and oxygen atoms in total. The van der Waals surface area contributed by atoms with E-state index in [4.69, 9.17) is 5.73 Å². The Hall–Kier alpha value is -2.69. The number of anilines is 1. The number of nitrogen functional groups attached to an aromatic ring is 1. The van der Waals surface area contributed by atoms with E-state index in [1.165, 1.54) is 6.20 Å². The van der Waals surface area contributed by atoms with Gasteiger partial charge in [0.25, 0.3) is 0 Å². The van der Waals surface area contributed by atoms with E-state index in [1.807, 2.05) is 18.2 Å². The van der Waals surface area contributed by atoms with Crippen molar-refractivity contribution < 1.29 is 4.79 Å². The van der Waals surface area contributed by atoms with E-state index in [-0.39, 0.29) is 11.6 Å². The van der Waals surface area contributed by atoms with E-state index in [0.29, 0.717) is 11.1 Å². The van der Waals surface area contributed by atoms with E-state index < -0.39 is 0 Å². The van der Waals surface area contributed by atoms with Crippen LogP contribution in [0.2, 0.25) is 0 Å². The van der Waals surface area contributed by atoms with Crippen LogP contribution in [-0.4, -0.2) is 21.0 Å². The third-order valence-corrected chi connectivity index (χ3v) is 2.78. The molecule has 3 aromatic rings. The highest BCUT2D eigenvalue weighted by Crippen LogP contribution is 2.18. The predicted octanol–water partition coefficient (Wildman–Crippen LogP) is 1.77. The van der Waals surface area contributed by atoms with Gasteiger partial charge in [-0.1, -0.05) is 18.2 Å². The summed E-state index contributed by atoms with van der Waals surface area (Å²) in [6, 6.07) is 9.19. The van der Waals surface area contributed by atoms with E-state index in [0.717, 1.165) is 10.9 Å². The SMILES string of the molecule is Nc1[nH]ncc1C(=O)c1ccc2cccnc2c1. The van der Waals surface area contributed by atoms with Gasteiger partial charge in [-0.2, -0.15) is 5.10 Å². The molecule has 88 valence electrons. The van der Waals surface area contributed by atoms with Crippen molar-refractivity contribution in [1.82, 2.24) is 15.2 Å². The summed E-state index contributed by atoms with van der Waals surface area (Å²) >= 11 is 0. The molecule has 3 rings (SSSR count). The Balaban J connectivity index is 2.10. The quantitative estimate of drug-likeness (QED) is 0.666. The Morgan fingerprint density at radius 1 is 1.28 bits per heavy atom. The second kappa shape index (κ2) is 3.96. The number of pyridine rings is 1. The predicted molar refractivity (Wildman–Crippen MR) is 68.2 cm³/mol. The van der Waals surface area contributed by atoms with E-state index in [2.05, 4.69) is 15.2 Å². The Kier molecular flexibility index (Phi) is 2.30. The van der Waals surface area contributed by atoms with Crippen molar-refractivity contribution >= 4 is 22.5 Å². The average molecular weight is 238 g/mol. The molecule has 2 aromatic heterocycles. The molecule has 0 saturated carbocycles. The largest absolute Gasteiger partial charge is 0.383 e. The molecule has 2 heterocycles. The van der Waals surface area contributed by atoms with Crippen LogP contribution in [0, 0.1) is 0 Å². The Bertz CT molecular complexity index is 732. The smallest absolute Gasteiger partial charge is 0.198 e. The van der Waals surface area contributed by atoms with Crippen LogP contribution in [0.1, 0.15) is 15.9 Å². The molecule has 3 N–H and O–H groups in total. The number of nitrogens with zero attached hydrogens (tertiary/aromatic N) is 2. The van der Waals surface area contributed by atoms with Gasteiger partial charge in [-0.3, -0.25) is 14.9 Å². The summed E-state index contributed by atoms with van der Waals surface area (Å²) in [4.78, 5) is 16.4. The zero-order chi connectivity index (χ0) is 12.5. The first-order valence-electron chi connectivity index (χ1n) is 5.44. The second-order valence-corrected chi connectivity index (χ2v) is 3.94. The summed E-state index contributed by atoms with van der Waals surface area (Å²) in [6.45, 7) is 0. The van der Waals surface area contributed by atoms with Crippen LogP contribution >= 0.6 is 0 Å². The van der Waals surface area contributed by atoms with Crippen molar-refractivity contribution in [2.75, 3.05) is 5.73 Å². The van der Waals surface area contributed by atoms with Crippen molar-refractivity contribution in [3.63, 3.8) is 0 Å². The number of aromatic nitrogens is 3. The fourth-order valence-corrected chi connectivity index (χ4v) is 1.84. The molecule has 0 radical (unpaired) electrons. The number of H-pyrrole nitrogens is 1. The number of nitrogens with two attached hydrogens (primary N) is 1. The molecule has 5 heteroatoms. The van der Waals surface area contributed by atoms with Gasteiger partial charge in [0.1, 0.15) is 5.82 Å². The second-order valence-electron chi connectivity index (χ2n) is 3.94. The Labute approximate surface area is 103 Å². The molecule has 0 atom stereocenters.